The van der Waals surface area contributed by atoms with Crippen LogP contribution < -0.4 is 18.9 Å². The van der Waals surface area contributed by atoms with E-state index in [2.05, 4.69) is 0 Å². The second kappa shape index (κ2) is 7.22. The maximum absolute atomic E-state index is 12.6. The number of methoxy groups -OCH3 is 3. The number of ether oxygens (including phenoxy) is 3. The number of carbonyl (C=O) groups is 1. The van der Waals surface area contributed by atoms with Gasteiger partial charge in [-0.05, 0) is 30.3 Å². The molecule has 7 nitrogen and oxygen atoms in total. The fourth-order valence-electron chi connectivity index (χ4n) is 2.08. The van der Waals surface area contributed by atoms with E-state index in [-0.39, 0.29) is 22.0 Å². The van der Waals surface area contributed by atoms with E-state index in [9.17, 15) is 13.2 Å². The molecule has 1 amide bonds. The number of hydrogen-bond donors (Lipinski definition) is 1. The van der Waals surface area contributed by atoms with Gasteiger partial charge < -0.3 is 14.2 Å². The summed E-state index contributed by atoms with van der Waals surface area (Å²) in [4.78, 5) is 12.0. The normalized spacial score (nSPS) is 10.8. The zero-order valence-corrected chi connectivity index (χ0v) is 14.2. The lowest BCUT2D eigenvalue weighted by atomic mass is 10.2. The number of benzene rings is 2. The van der Waals surface area contributed by atoms with Crippen molar-refractivity contribution in [1.29, 1.82) is 0 Å². The summed E-state index contributed by atoms with van der Waals surface area (Å²) in [6.07, 6.45) is 0. The molecule has 0 fully saturated rings. The van der Waals surface area contributed by atoms with Crippen LogP contribution in [0.1, 0.15) is 10.4 Å². The Labute approximate surface area is 140 Å². The minimum atomic E-state index is -4.20. The van der Waals surface area contributed by atoms with Crippen molar-refractivity contribution in [1.82, 2.24) is 4.72 Å². The third-order valence-corrected chi connectivity index (χ3v) is 4.60. The topological polar surface area (TPSA) is 90.9 Å². The average Bonchev–Trinajstić information content (AvgIpc) is 2.60. The van der Waals surface area contributed by atoms with Crippen molar-refractivity contribution in [2.75, 3.05) is 21.3 Å². The quantitative estimate of drug-likeness (QED) is 0.854. The van der Waals surface area contributed by atoms with E-state index in [4.69, 9.17) is 14.2 Å². The van der Waals surface area contributed by atoms with Crippen molar-refractivity contribution < 1.29 is 27.4 Å². The second-order valence-electron chi connectivity index (χ2n) is 4.66. The Morgan fingerprint density at radius 2 is 1.50 bits per heavy atom. The highest BCUT2D eigenvalue weighted by Gasteiger charge is 2.27. The Morgan fingerprint density at radius 3 is 2.04 bits per heavy atom. The number of rotatable bonds is 6. The Kier molecular flexibility index (Phi) is 5.30. The lowest BCUT2D eigenvalue weighted by Gasteiger charge is -2.14. The first kappa shape index (κ1) is 17.6. The minimum Gasteiger partial charge on any atom is -0.497 e. The van der Waals surface area contributed by atoms with Gasteiger partial charge in [0.2, 0.25) is 0 Å². The summed E-state index contributed by atoms with van der Waals surface area (Å²) >= 11 is 0. The van der Waals surface area contributed by atoms with Gasteiger partial charge in [0.1, 0.15) is 17.2 Å². The maximum Gasteiger partial charge on any atom is 0.271 e. The van der Waals surface area contributed by atoms with Gasteiger partial charge in [-0.3, -0.25) is 4.79 Å². The largest absolute Gasteiger partial charge is 0.497 e. The van der Waals surface area contributed by atoms with Crippen molar-refractivity contribution in [3.63, 3.8) is 0 Å². The number of nitrogens with one attached hydrogen (secondary N) is 1. The molecular formula is C16H17NO6S. The molecule has 0 aliphatic rings. The van der Waals surface area contributed by atoms with Crippen LogP contribution in [-0.4, -0.2) is 35.7 Å². The van der Waals surface area contributed by atoms with Gasteiger partial charge in [-0.1, -0.05) is 12.1 Å². The van der Waals surface area contributed by atoms with Crippen LogP contribution in [0.4, 0.5) is 0 Å². The van der Waals surface area contributed by atoms with Crippen LogP contribution in [-0.2, 0) is 10.0 Å². The summed E-state index contributed by atoms with van der Waals surface area (Å²) in [5, 5.41) is 0. The Hall–Kier alpha value is -2.74. The summed E-state index contributed by atoms with van der Waals surface area (Å²) in [5.74, 6) is -0.211. The first-order chi connectivity index (χ1) is 11.4. The Bertz CT molecular complexity index is 825. The van der Waals surface area contributed by atoms with Gasteiger partial charge in [0.25, 0.3) is 15.9 Å². The number of carbonyl (C=O) groups excluding carboxylic acids is 1. The molecule has 0 bridgehead atoms. The van der Waals surface area contributed by atoms with Crippen LogP contribution in [0.25, 0.3) is 0 Å². The first-order valence-corrected chi connectivity index (χ1v) is 8.33. The van der Waals surface area contributed by atoms with Crippen LogP contribution in [0, 0.1) is 0 Å². The van der Waals surface area contributed by atoms with Crippen molar-refractivity contribution in [2.45, 2.75) is 4.90 Å². The third-order valence-electron chi connectivity index (χ3n) is 3.21. The first-order valence-electron chi connectivity index (χ1n) is 6.85. The highest BCUT2D eigenvalue weighted by molar-refractivity contribution is 7.90. The van der Waals surface area contributed by atoms with E-state index in [1.807, 2.05) is 4.72 Å². The second-order valence-corrected chi connectivity index (χ2v) is 6.28. The fraction of sp³-hybridized carbons (Fsp3) is 0.188. The summed E-state index contributed by atoms with van der Waals surface area (Å²) in [7, 11) is -0.0892. The predicted octanol–water partition coefficient (Wildman–Crippen LogP) is 1.83. The monoisotopic (exact) mass is 351 g/mol. The smallest absolute Gasteiger partial charge is 0.271 e. The van der Waals surface area contributed by atoms with Crippen molar-refractivity contribution in [2.24, 2.45) is 0 Å². The molecule has 2 aromatic rings. The standard InChI is InChI=1S/C16H17NO6S/c1-21-12-7-4-6-11(10-12)16(18)17-24(19,20)15-13(22-2)8-5-9-14(15)23-3/h4-10H,1-3H3,(H,17,18). The van der Waals surface area contributed by atoms with Crippen LogP contribution in [0.5, 0.6) is 17.2 Å². The molecule has 1 N–H and O–H groups in total. The van der Waals surface area contributed by atoms with Gasteiger partial charge in [-0.15, -0.1) is 0 Å². The van der Waals surface area contributed by atoms with Crippen LogP contribution in [0.15, 0.2) is 47.4 Å². The highest BCUT2D eigenvalue weighted by atomic mass is 32.2. The molecule has 0 atom stereocenters. The van der Waals surface area contributed by atoms with Crippen LogP contribution in [0.3, 0.4) is 0 Å². The predicted molar refractivity (Wildman–Crippen MR) is 87.2 cm³/mol. The van der Waals surface area contributed by atoms with Gasteiger partial charge in [-0.25, -0.2) is 13.1 Å². The maximum atomic E-state index is 12.6. The molecule has 0 spiro atoms. The lowest BCUT2D eigenvalue weighted by molar-refractivity contribution is 0.0981. The molecule has 24 heavy (non-hydrogen) atoms. The van der Waals surface area contributed by atoms with E-state index in [0.717, 1.165) is 0 Å². The Morgan fingerprint density at radius 1 is 0.917 bits per heavy atom. The van der Waals surface area contributed by atoms with Gasteiger partial charge in [-0.2, -0.15) is 0 Å². The van der Waals surface area contributed by atoms with E-state index < -0.39 is 15.9 Å². The van der Waals surface area contributed by atoms with Gasteiger partial charge in [0.05, 0.1) is 21.3 Å². The molecule has 128 valence electrons. The van der Waals surface area contributed by atoms with Gasteiger partial charge in [0.15, 0.2) is 4.90 Å². The van der Waals surface area contributed by atoms with E-state index in [1.165, 1.54) is 45.6 Å². The fourth-order valence-corrected chi connectivity index (χ4v) is 3.37. The molecule has 8 heteroatoms. The number of amides is 1. The highest BCUT2D eigenvalue weighted by Crippen LogP contribution is 2.32. The van der Waals surface area contributed by atoms with Crippen molar-refractivity contribution in [3.8, 4) is 17.2 Å². The minimum absolute atomic E-state index is 0.0697. The molecule has 2 aromatic carbocycles. The molecule has 2 rings (SSSR count). The molecular weight excluding hydrogens is 334 g/mol. The number of sulfonamides is 1. The molecule has 0 unspecified atom stereocenters. The summed E-state index contributed by atoms with van der Waals surface area (Å²) in [5.41, 5.74) is 0.145. The summed E-state index contributed by atoms with van der Waals surface area (Å²) < 4.78 is 42.4. The molecule has 0 aliphatic heterocycles. The molecule has 0 aromatic heterocycles. The number of hydrogen-bond acceptors (Lipinski definition) is 6. The zero-order valence-electron chi connectivity index (χ0n) is 13.4. The molecule has 0 saturated heterocycles. The molecule has 0 heterocycles. The third kappa shape index (κ3) is 3.60. The molecule has 0 saturated carbocycles. The van der Waals surface area contributed by atoms with E-state index in [1.54, 1.807) is 18.2 Å². The summed E-state index contributed by atoms with van der Waals surface area (Å²) in [6, 6.07) is 10.7. The van der Waals surface area contributed by atoms with Crippen LogP contribution in [0.2, 0.25) is 0 Å². The average molecular weight is 351 g/mol. The Balaban J connectivity index is 2.40. The lowest BCUT2D eigenvalue weighted by Crippen LogP contribution is -2.31. The zero-order chi connectivity index (χ0) is 17.7. The van der Waals surface area contributed by atoms with Crippen molar-refractivity contribution in [3.05, 3.63) is 48.0 Å². The molecule has 0 radical (unpaired) electrons. The SMILES string of the molecule is COc1cccc(C(=O)NS(=O)(=O)c2c(OC)cccc2OC)c1. The molecule has 0 aliphatic carbocycles. The summed E-state index contributed by atoms with van der Waals surface area (Å²) in [6.45, 7) is 0. The van der Waals surface area contributed by atoms with Crippen LogP contribution >= 0.6 is 0 Å². The van der Waals surface area contributed by atoms with Gasteiger partial charge in [0, 0.05) is 5.56 Å². The van der Waals surface area contributed by atoms with E-state index in [0.29, 0.717) is 5.75 Å². The van der Waals surface area contributed by atoms with Gasteiger partial charge >= 0.3 is 0 Å². The van der Waals surface area contributed by atoms with Crippen molar-refractivity contribution >= 4 is 15.9 Å². The van der Waals surface area contributed by atoms with E-state index >= 15 is 0 Å².